The Kier molecular flexibility index (Phi) is 7.56. The fourth-order valence-electron chi connectivity index (χ4n) is 10.7. The molecule has 2 heteroatoms. The maximum absolute atomic E-state index is 2.48. The van der Waals surface area contributed by atoms with Gasteiger partial charge < -0.3 is 4.90 Å². The van der Waals surface area contributed by atoms with Gasteiger partial charge in [0.1, 0.15) is 0 Å². The van der Waals surface area contributed by atoms with E-state index in [-0.39, 0.29) is 10.8 Å². The van der Waals surface area contributed by atoms with Crippen LogP contribution in [0.3, 0.4) is 0 Å². The predicted molar refractivity (Wildman–Crippen MR) is 258 cm³/mol. The van der Waals surface area contributed by atoms with Gasteiger partial charge in [-0.2, -0.15) is 0 Å². The third-order valence-corrected chi connectivity index (χ3v) is 14.9. The smallest absolute Gasteiger partial charge is 0.0465 e. The molecule has 10 aromatic rings. The van der Waals surface area contributed by atoms with Crippen LogP contribution in [-0.2, 0) is 10.8 Å². The quantitative estimate of drug-likeness (QED) is 0.168. The molecule has 0 saturated heterocycles. The number of thiophene rings is 1. The molecule has 0 spiro atoms. The summed E-state index contributed by atoms with van der Waals surface area (Å²) in [6.07, 6.45) is 0. The molecule has 60 heavy (non-hydrogen) atoms. The van der Waals surface area contributed by atoms with Crippen LogP contribution in [0.4, 0.5) is 17.1 Å². The van der Waals surface area contributed by atoms with Crippen molar-refractivity contribution in [1.82, 2.24) is 0 Å². The van der Waals surface area contributed by atoms with Gasteiger partial charge in [0.15, 0.2) is 0 Å². The lowest BCUT2D eigenvalue weighted by molar-refractivity contribution is 0.660. The summed E-state index contributed by atoms with van der Waals surface area (Å²) in [6, 6.07) is 70.4. The summed E-state index contributed by atoms with van der Waals surface area (Å²) in [5.74, 6) is 0. The summed E-state index contributed by atoms with van der Waals surface area (Å²) in [5, 5.41) is 5.23. The molecule has 0 N–H and O–H groups in total. The molecule has 9 aromatic carbocycles. The molecule has 1 aromatic heterocycles. The van der Waals surface area contributed by atoms with Crippen molar-refractivity contribution in [2.45, 2.75) is 38.5 Å². The largest absolute Gasteiger partial charge is 0.310 e. The molecule has 286 valence electrons. The first kappa shape index (κ1) is 35.2. The van der Waals surface area contributed by atoms with Gasteiger partial charge in [-0.25, -0.2) is 0 Å². The van der Waals surface area contributed by atoms with Crippen LogP contribution in [-0.4, -0.2) is 0 Å². The van der Waals surface area contributed by atoms with Gasteiger partial charge in [-0.15, -0.1) is 11.3 Å². The maximum atomic E-state index is 2.48. The van der Waals surface area contributed by atoms with Crippen molar-refractivity contribution < 1.29 is 0 Å². The van der Waals surface area contributed by atoms with Crippen molar-refractivity contribution in [2.24, 2.45) is 0 Å². The van der Waals surface area contributed by atoms with Gasteiger partial charge in [-0.1, -0.05) is 173 Å². The second-order valence-corrected chi connectivity index (χ2v) is 18.7. The molecule has 2 aliphatic carbocycles. The van der Waals surface area contributed by atoms with Crippen molar-refractivity contribution in [2.75, 3.05) is 4.90 Å². The van der Waals surface area contributed by atoms with Crippen molar-refractivity contribution in [3.8, 4) is 44.5 Å². The van der Waals surface area contributed by atoms with E-state index in [2.05, 4.69) is 221 Å². The minimum atomic E-state index is -0.113. The Morgan fingerprint density at radius 2 is 0.833 bits per heavy atom. The number of anilines is 3. The minimum Gasteiger partial charge on any atom is -0.310 e. The van der Waals surface area contributed by atoms with Crippen LogP contribution in [0.15, 0.2) is 188 Å². The van der Waals surface area contributed by atoms with E-state index in [0.29, 0.717) is 0 Å². The number of hydrogen-bond donors (Lipinski definition) is 0. The number of hydrogen-bond acceptors (Lipinski definition) is 2. The van der Waals surface area contributed by atoms with Crippen LogP contribution < -0.4 is 4.90 Å². The molecule has 0 radical (unpaired) electrons. The van der Waals surface area contributed by atoms with Gasteiger partial charge in [-0.05, 0) is 115 Å². The van der Waals surface area contributed by atoms with E-state index in [9.17, 15) is 0 Å². The van der Waals surface area contributed by atoms with Crippen LogP contribution in [0.5, 0.6) is 0 Å². The molecule has 2 aliphatic rings. The highest BCUT2D eigenvalue weighted by Crippen LogP contribution is 2.54. The highest BCUT2D eigenvalue weighted by Gasteiger charge is 2.38. The summed E-state index contributed by atoms with van der Waals surface area (Å²) in [6.45, 7) is 9.49. The molecule has 0 amide bonds. The summed E-state index contributed by atoms with van der Waals surface area (Å²) < 4.78 is 2.67. The van der Waals surface area contributed by atoms with Crippen LogP contribution in [0.1, 0.15) is 49.9 Å². The molecule has 0 fully saturated rings. The second kappa shape index (κ2) is 12.9. The Hall–Kier alpha value is -6.74. The van der Waals surface area contributed by atoms with Crippen LogP contribution in [0, 0.1) is 0 Å². The van der Waals surface area contributed by atoms with Gasteiger partial charge >= 0.3 is 0 Å². The van der Waals surface area contributed by atoms with Crippen molar-refractivity contribution in [3.05, 3.63) is 210 Å². The van der Waals surface area contributed by atoms with Gasteiger partial charge in [0, 0.05) is 53.5 Å². The van der Waals surface area contributed by atoms with E-state index in [1.54, 1.807) is 0 Å². The number of rotatable bonds is 5. The highest BCUT2D eigenvalue weighted by molar-refractivity contribution is 7.26. The molecule has 0 unspecified atom stereocenters. The van der Waals surface area contributed by atoms with E-state index in [4.69, 9.17) is 0 Å². The Morgan fingerprint density at radius 3 is 1.45 bits per heavy atom. The zero-order chi connectivity index (χ0) is 40.3. The Bertz CT molecular complexity index is 3260. The average molecular weight is 786 g/mol. The molecular weight excluding hydrogens is 743 g/mol. The van der Waals surface area contributed by atoms with Crippen molar-refractivity contribution >= 4 is 59.3 Å². The third kappa shape index (κ3) is 4.98. The normalized spacial score (nSPS) is 14.3. The van der Waals surface area contributed by atoms with E-state index in [1.165, 1.54) is 97.7 Å². The lowest BCUT2D eigenvalue weighted by atomic mass is 9.82. The molecule has 1 heterocycles. The first-order valence-corrected chi connectivity index (χ1v) is 21.9. The lowest BCUT2D eigenvalue weighted by Crippen LogP contribution is -2.18. The van der Waals surface area contributed by atoms with E-state index >= 15 is 0 Å². The SMILES string of the molecule is CC1(C)c2ccccc2-c2ccc(N(c3ccc(-c4c(-c5ccccc5)c5c6ccccc6sc5c5ccccc45)cc3)c3ccc4c(c3)C(C)(C)c3ccccc3-4)cc21. The Balaban J connectivity index is 1.08. The van der Waals surface area contributed by atoms with E-state index in [0.717, 1.165) is 17.1 Å². The van der Waals surface area contributed by atoms with Crippen LogP contribution >= 0.6 is 11.3 Å². The molecular formula is C58H43NS. The number of nitrogens with zero attached hydrogens (tertiary/aromatic N) is 1. The molecule has 0 bridgehead atoms. The summed E-state index contributed by atoms with van der Waals surface area (Å²) in [7, 11) is 0. The lowest BCUT2D eigenvalue weighted by Gasteiger charge is -2.30. The van der Waals surface area contributed by atoms with E-state index in [1.807, 2.05) is 11.3 Å². The third-order valence-electron chi connectivity index (χ3n) is 13.7. The fourth-order valence-corrected chi connectivity index (χ4v) is 12.0. The number of benzene rings is 9. The van der Waals surface area contributed by atoms with Gasteiger partial charge in [0.2, 0.25) is 0 Å². The molecule has 0 saturated carbocycles. The first-order valence-electron chi connectivity index (χ1n) is 21.1. The van der Waals surface area contributed by atoms with E-state index < -0.39 is 0 Å². The highest BCUT2D eigenvalue weighted by atomic mass is 32.1. The summed E-state index contributed by atoms with van der Waals surface area (Å²) in [4.78, 5) is 2.48. The average Bonchev–Trinajstić information content (AvgIpc) is 3.87. The minimum absolute atomic E-state index is 0.113. The zero-order valence-corrected chi connectivity index (χ0v) is 35.1. The monoisotopic (exact) mass is 785 g/mol. The fraction of sp³-hybridized carbons (Fsp3) is 0.103. The van der Waals surface area contributed by atoms with Crippen LogP contribution in [0.25, 0.3) is 75.5 Å². The maximum Gasteiger partial charge on any atom is 0.0465 e. The standard InChI is InChI=1S/C58H43NS/c1-57(2)48-23-13-10-18-41(48)43-32-30-39(34-50(43)57)59(40-31-33-44-42-19-11-14-24-49(42)58(3,4)51(44)35-40)38-28-26-37(27-29-38)53-45-20-8-9-21-46(45)56-55(47-22-12-15-25-52(47)60-56)54(53)36-16-6-5-7-17-36/h5-35H,1-4H3. The van der Waals surface area contributed by atoms with Crippen LogP contribution in [0.2, 0.25) is 0 Å². The second-order valence-electron chi connectivity index (χ2n) is 17.6. The Morgan fingerprint density at radius 1 is 0.367 bits per heavy atom. The topological polar surface area (TPSA) is 3.24 Å². The predicted octanol–water partition coefficient (Wildman–Crippen LogP) is 16.6. The van der Waals surface area contributed by atoms with Gasteiger partial charge in [-0.3, -0.25) is 0 Å². The summed E-state index contributed by atoms with van der Waals surface area (Å²) in [5.41, 5.74) is 19.1. The van der Waals surface area contributed by atoms with Gasteiger partial charge in [0.25, 0.3) is 0 Å². The van der Waals surface area contributed by atoms with Gasteiger partial charge in [0.05, 0.1) is 0 Å². The Labute approximate surface area is 355 Å². The number of fused-ring (bicyclic) bond motifs is 11. The zero-order valence-electron chi connectivity index (χ0n) is 34.3. The first-order chi connectivity index (χ1) is 29.3. The molecule has 0 aliphatic heterocycles. The van der Waals surface area contributed by atoms with Crippen molar-refractivity contribution in [3.63, 3.8) is 0 Å². The molecule has 12 rings (SSSR count). The summed E-state index contributed by atoms with van der Waals surface area (Å²) >= 11 is 1.91. The molecule has 0 atom stereocenters. The van der Waals surface area contributed by atoms with Crippen molar-refractivity contribution in [1.29, 1.82) is 0 Å². The molecule has 1 nitrogen and oxygen atoms in total.